The Kier molecular flexibility index (Phi) is 4.28. The summed E-state index contributed by atoms with van der Waals surface area (Å²) < 4.78 is 0. The van der Waals surface area contributed by atoms with Crippen molar-refractivity contribution in [2.45, 2.75) is 27.7 Å². The number of hydrogen-bond acceptors (Lipinski definition) is 3. The van der Waals surface area contributed by atoms with Crippen molar-refractivity contribution < 1.29 is 0 Å². The highest BCUT2D eigenvalue weighted by Crippen LogP contribution is 2.31. The van der Waals surface area contributed by atoms with Crippen molar-refractivity contribution in [3.8, 4) is 0 Å². The van der Waals surface area contributed by atoms with Gasteiger partial charge in [-0.3, -0.25) is 4.98 Å². The molecule has 110 valence electrons. The second-order valence-electron chi connectivity index (χ2n) is 5.46. The summed E-state index contributed by atoms with van der Waals surface area (Å²) in [6.07, 6.45) is 0. The molecule has 0 radical (unpaired) electrons. The number of hydrogen-bond donors (Lipinski definition) is 1. The standard InChI is InChI=1S/C17H21N3S/c1-10-6-7-14(11(2)8-10)20(5)15-9-12(3)19-13(4)16(15)17(18)21/h6-9H,1-5H3,(H2,18,21). The van der Waals surface area contributed by atoms with Gasteiger partial charge in [0.2, 0.25) is 0 Å². The van der Waals surface area contributed by atoms with Gasteiger partial charge in [-0.25, -0.2) is 0 Å². The smallest absolute Gasteiger partial charge is 0.107 e. The Bertz CT molecular complexity index is 707. The van der Waals surface area contributed by atoms with Crippen LogP contribution in [0.3, 0.4) is 0 Å². The molecule has 2 rings (SSSR count). The molecule has 1 heterocycles. The predicted molar refractivity (Wildman–Crippen MR) is 93.6 cm³/mol. The van der Waals surface area contributed by atoms with Crippen LogP contribution in [0.1, 0.15) is 28.1 Å². The monoisotopic (exact) mass is 299 g/mol. The van der Waals surface area contributed by atoms with E-state index in [0.29, 0.717) is 4.99 Å². The van der Waals surface area contributed by atoms with Gasteiger partial charge in [0.25, 0.3) is 0 Å². The largest absolute Gasteiger partial charge is 0.389 e. The van der Waals surface area contributed by atoms with Gasteiger partial charge in [-0.2, -0.15) is 0 Å². The second-order valence-corrected chi connectivity index (χ2v) is 5.90. The zero-order valence-corrected chi connectivity index (χ0v) is 14.0. The molecular formula is C17H21N3S. The van der Waals surface area contributed by atoms with Crippen LogP contribution in [-0.2, 0) is 0 Å². The van der Waals surface area contributed by atoms with E-state index in [1.165, 1.54) is 11.1 Å². The molecule has 0 saturated carbocycles. The minimum absolute atomic E-state index is 0.381. The number of rotatable bonds is 3. The van der Waals surface area contributed by atoms with Gasteiger partial charge in [-0.15, -0.1) is 0 Å². The molecule has 0 saturated heterocycles. The number of thiocarbonyl (C=S) groups is 1. The van der Waals surface area contributed by atoms with Crippen LogP contribution in [0.4, 0.5) is 11.4 Å². The topological polar surface area (TPSA) is 42.2 Å². The van der Waals surface area contributed by atoms with Gasteiger partial charge in [0.05, 0.1) is 11.3 Å². The van der Waals surface area contributed by atoms with Crippen LogP contribution in [0.25, 0.3) is 0 Å². The molecular weight excluding hydrogens is 278 g/mol. The van der Waals surface area contributed by atoms with E-state index in [0.717, 1.165) is 28.3 Å². The molecule has 0 amide bonds. The first-order chi connectivity index (χ1) is 9.81. The van der Waals surface area contributed by atoms with Crippen LogP contribution in [0, 0.1) is 27.7 Å². The van der Waals surface area contributed by atoms with Gasteiger partial charge in [-0.05, 0) is 45.4 Å². The summed E-state index contributed by atoms with van der Waals surface area (Å²) in [5.41, 5.74) is 13.2. The lowest BCUT2D eigenvalue weighted by Crippen LogP contribution is -2.20. The zero-order valence-electron chi connectivity index (χ0n) is 13.2. The third-order valence-electron chi connectivity index (χ3n) is 3.63. The SMILES string of the molecule is Cc1ccc(N(C)c2cc(C)nc(C)c2C(N)=S)c(C)c1. The summed E-state index contributed by atoms with van der Waals surface area (Å²) in [6, 6.07) is 8.44. The highest BCUT2D eigenvalue weighted by atomic mass is 32.1. The molecule has 1 aromatic carbocycles. The maximum Gasteiger partial charge on any atom is 0.107 e. The normalized spacial score (nSPS) is 10.5. The van der Waals surface area contributed by atoms with Crippen LogP contribution < -0.4 is 10.6 Å². The molecule has 21 heavy (non-hydrogen) atoms. The van der Waals surface area contributed by atoms with Gasteiger partial charge in [0.1, 0.15) is 4.99 Å². The molecule has 0 fully saturated rings. The van der Waals surface area contributed by atoms with Crippen LogP contribution in [0.15, 0.2) is 24.3 Å². The maximum atomic E-state index is 5.91. The lowest BCUT2D eigenvalue weighted by Gasteiger charge is -2.25. The summed E-state index contributed by atoms with van der Waals surface area (Å²) in [4.78, 5) is 6.98. The lowest BCUT2D eigenvalue weighted by atomic mass is 10.1. The Morgan fingerprint density at radius 2 is 1.76 bits per heavy atom. The van der Waals surface area contributed by atoms with Gasteiger partial charge in [0, 0.05) is 24.1 Å². The molecule has 0 unspecified atom stereocenters. The fraction of sp³-hybridized carbons (Fsp3) is 0.294. The number of pyridine rings is 1. The van der Waals surface area contributed by atoms with Gasteiger partial charge in [0.15, 0.2) is 0 Å². The van der Waals surface area contributed by atoms with E-state index in [9.17, 15) is 0 Å². The van der Waals surface area contributed by atoms with Crippen molar-refractivity contribution >= 4 is 28.6 Å². The fourth-order valence-electron chi connectivity index (χ4n) is 2.69. The van der Waals surface area contributed by atoms with Crippen molar-refractivity contribution in [2.24, 2.45) is 5.73 Å². The Morgan fingerprint density at radius 3 is 2.33 bits per heavy atom. The quantitative estimate of drug-likeness (QED) is 0.877. The highest BCUT2D eigenvalue weighted by molar-refractivity contribution is 7.80. The molecule has 0 aliphatic heterocycles. The minimum Gasteiger partial charge on any atom is -0.389 e. The van der Waals surface area contributed by atoms with Crippen molar-refractivity contribution in [1.82, 2.24) is 4.98 Å². The van der Waals surface area contributed by atoms with Crippen molar-refractivity contribution in [2.75, 3.05) is 11.9 Å². The van der Waals surface area contributed by atoms with E-state index < -0.39 is 0 Å². The van der Waals surface area contributed by atoms with Crippen LogP contribution in [0.2, 0.25) is 0 Å². The molecule has 0 spiro atoms. The maximum absolute atomic E-state index is 5.91. The lowest BCUT2D eigenvalue weighted by molar-refractivity contribution is 1.08. The number of aromatic nitrogens is 1. The molecule has 0 aliphatic rings. The number of nitrogens with zero attached hydrogens (tertiary/aromatic N) is 2. The van der Waals surface area contributed by atoms with Gasteiger partial charge < -0.3 is 10.6 Å². The predicted octanol–water partition coefficient (Wildman–Crippen LogP) is 3.72. The van der Waals surface area contributed by atoms with E-state index in [-0.39, 0.29) is 0 Å². The third kappa shape index (κ3) is 3.05. The Hall–Kier alpha value is -1.94. The van der Waals surface area contributed by atoms with Crippen LogP contribution >= 0.6 is 12.2 Å². The summed E-state index contributed by atoms with van der Waals surface area (Å²) in [6.45, 7) is 8.13. The molecule has 1 aromatic heterocycles. The number of anilines is 2. The molecule has 0 atom stereocenters. The average molecular weight is 299 g/mol. The first kappa shape index (κ1) is 15.4. The summed E-state index contributed by atoms with van der Waals surface area (Å²) in [7, 11) is 2.04. The first-order valence-corrected chi connectivity index (χ1v) is 7.31. The zero-order chi connectivity index (χ0) is 15.7. The van der Waals surface area contributed by atoms with E-state index in [1.807, 2.05) is 27.0 Å². The van der Waals surface area contributed by atoms with Crippen molar-refractivity contribution in [3.63, 3.8) is 0 Å². The molecule has 2 N–H and O–H groups in total. The first-order valence-electron chi connectivity index (χ1n) is 6.90. The highest BCUT2D eigenvalue weighted by Gasteiger charge is 2.16. The van der Waals surface area contributed by atoms with E-state index >= 15 is 0 Å². The van der Waals surface area contributed by atoms with E-state index in [1.54, 1.807) is 0 Å². The molecule has 0 bridgehead atoms. The van der Waals surface area contributed by atoms with Gasteiger partial charge in [-0.1, -0.05) is 29.9 Å². The summed E-state index contributed by atoms with van der Waals surface area (Å²) >= 11 is 5.21. The number of aryl methyl sites for hydroxylation is 4. The van der Waals surface area contributed by atoms with Crippen LogP contribution in [-0.4, -0.2) is 17.0 Å². The molecule has 0 aliphatic carbocycles. The molecule has 4 heteroatoms. The third-order valence-corrected chi connectivity index (χ3v) is 3.83. The Morgan fingerprint density at radius 1 is 1.10 bits per heavy atom. The summed E-state index contributed by atoms with van der Waals surface area (Å²) in [5, 5.41) is 0. The summed E-state index contributed by atoms with van der Waals surface area (Å²) in [5.74, 6) is 0. The Balaban J connectivity index is 2.62. The van der Waals surface area contributed by atoms with E-state index in [4.69, 9.17) is 18.0 Å². The fourth-order valence-corrected chi connectivity index (χ4v) is 2.94. The number of benzene rings is 1. The molecule has 3 nitrogen and oxygen atoms in total. The second kappa shape index (κ2) is 5.82. The van der Waals surface area contributed by atoms with Crippen LogP contribution in [0.5, 0.6) is 0 Å². The minimum atomic E-state index is 0.381. The average Bonchev–Trinajstić information content (AvgIpc) is 2.36. The Labute approximate surface area is 131 Å². The number of nitrogens with two attached hydrogens (primary N) is 1. The van der Waals surface area contributed by atoms with Crippen molar-refractivity contribution in [1.29, 1.82) is 0 Å². The van der Waals surface area contributed by atoms with E-state index in [2.05, 4.69) is 41.9 Å². The molecule has 2 aromatic rings. The van der Waals surface area contributed by atoms with Crippen molar-refractivity contribution in [3.05, 3.63) is 52.3 Å². The van der Waals surface area contributed by atoms with Gasteiger partial charge >= 0.3 is 0 Å².